The van der Waals surface area contributed by atoms with Crippen LogP contribution in [0.2, 0.25) is 0 Å². The Balaban J connectivity index is 1.81. The third kappa shape index (κ3) is 3.56. The summed E-state index contributed by atoms with van der Waals surface area (Å²) in [7, 11) is 0. The van der Waals surface area contributed by atoms with Crippen molar-refractivity contribution in [3.8, 4) is 0 Å². The van der Waals surface area contributed by atoms with Gasteiger partial charge >= 0.3 is 0 Å². The molecule has 3 aliphatic rings. The summed E-state index contributed by atoms with van der Waals surface area (Å²) < 4.78 is 35.5. The maximum atomic E-state index is 9.64. The van der Waals surface area contributed by atoms with E-state index in [-0.39, 0.29) is 18.8 Å². The van der Waals surface area contributed by atoms with Crippen LogP contribution >= 0.6 is 0 Å². The molecule has 3 rings (SSSR count). The molecule has 0 saturated carbocycles. The maximum absolute atomic E-state index is 9.64. The van der Waals surface area contributed by atoms with E-state index in [1.54, 1.807) is 0 Å². The molecule has 23 heavy (non-hydrogen) atoms. The summed E-state index contributed by atoms with van der Waals surface area (Å²) in [5.74, 6) is -2.18. The second-order valence-corrected chi connectivity index (χ2v) is 7.75. The molecule has 7 nitrogen and oxygen atoms in total. The van der Waals surface area contributed by atoms with Gasteiger partial charge in [0.1, 0.15) is 30.5 Å². The number of ether oxygens (including phenoxy) is 6. The van der Waals surface area contributed by atoms with Crippen molar-refractivity contribution in [1.82, 2.24) is 0 Å². The summed E-state index contributed by atoms with van der Waals surface area (Å²) in [6.45, 7) is 11.4. The van der Waals surface area contributed by atoms with Crippen LogP contribution in [0.4, 0.5) is 0 Å². The highest BCUT2D eigenvalue weighted by molar-refractivity contribution is 4.99. The SMILES string of the molecule is CC1(C)O[C@H]([C@@H]2OC(C)(C)O[C@H]2CO)[C@@H]([C@@H]2COC(C)(C)O2)O1. The summed E-state index contributed by atoms with van der Waals surface area (Å²) >= 11 is 0. The zero-order valence-electron chi connectivity index (χ0n) is 14.7. The van der Waals surface area contributed by atoms with E-state index >= 15 is 0 Å². The minimum absolute atomic E-state index is 0.144. The Morgan fingerprint density at radius 2 is 1.30 bits per heavy atom. The number of hydrogen-bond donors (Lipinski definition) is 1. The molecule has 0 aliphatic carbocycles. The highest BCUT2D eigenvalue weighted by Gasteiger charge is 2.57. The lowest BCUT2D eigenvalue weighted by Gasteiger charge is -2.28. The molecule has 1 N–H and O–H groups in total. The molecule has 0 bridgehead atoms. The van der Waals surface area contributed by atoms with Gasteiger partial charge in [0.15, 0.2) is 17.4 Å². The molecule has 0 amide bonds. The van der Waals surface area contributed by atoms with Crippen LogP contribution in [-0.2, 0) is 28.4 Å². The van der Waals surface area contributed by atoms with Crippen molar-refractivity contribution in [2.75, 3.05) is 13.2 Å². The number of hydrogen-bond acceptors (Lipinski definition) is 7. The fourth-order valence-corrected chi connectivity index (χ4v) is 3.52. The first-order chi connectivity index (χ1) is 10.5. The van der Waals surface area contributed by atoms with Crippen LogP contribution in [0.3, 0.4) is 0 Å². The molecule has 0 aromatic rings. The lowest BCUT2D eigenvalue weighted by molar-refractivity contribution is -0.178. The Labute approximate surface area is 137 Å². The third-order valence-corrected chi connectivity index (χ3v) is 4.29. The Kier molecular flexibility index (Phi) is 4.29. The van der Waals surface area contributed by atoms with Gasteiger partial charge in [0.25, 0.3) is 0 Å². The Bertz CT molecular complexity index is 448. The van der Waals surface area contributed by atoms with E-state index in [0.29, 0.717) is 6.61 Å². The predicted octanol–water partition coefficient (Wildman–Crippen LogP) is 1.17. The monoisotopic (exact) mass is 332 g/mol. The van der Waals surface area contributed by atoms with Crippen LogP contribution < -0.4 is 0 Å². The molecular weight excluding hydrogens is 304 g/mol. The summed E-state index contributed by atoms with van der Waals surface area (Å²) in [5, 5.41) is 9.64. The molecule has 0 unspecified atom stereocenters. The molecule has 3 saturated heterocycles. The van der Waals surface area contributed by atoms with Gasteiger partial charge in [0.05, 0.1) is 13.2 Å². The van der Waals surface area contributed by atoms with Gasteiger partial charge < -0.3 is 33.5 Å². The van der Waals surface area contributed by atoms with E-state index in [9.17, 15) is 5.11 Å². The second kappa shape index (κ2) is 5.62. The zero-order valence-corrected chi connectivity index (χ0v) is 14.7. The molecule has 5 atom stereocenters. The predicted molar refractivity (Wildman–Crippen MR) is 79.6 cm³/mol. The molecule has 0 spiro atoms. The van der Waals surface area contributed by atoms with Crippen LogP contribution in [0.25, 0.3) is 0 Å². The number of rotatable bonds is 3. The lowest BCUT2D eigenvalue weighted by Crippen LogP contribution is -2.48. The second-order valence-electron chi connectivity index (χ2n) is 7.75. The summed E-state index contributed by atoms with van der Waals surface area (Å²) in [4.78, 5) is 0. The molecule has 3 heterocycles. The van der Waals surface area contributed by atoms with Crippen molar-refractivity contribution in [3.63, 3.8) is 0 Å². The van der Waals surface area contributed by atoms with E-state index in [2.05, 4.69) is 0 Å². The largest absolute Gasteiger partial charge is 0.394 e. The van der Waals surface area contributed by atoms with Crippen molar-refractivity contribution >= 4 is 0 Å². The smallest absolute Gasteiger partial charge is 0.164 e. The molecule has 3 fully saturated rings. The summed E-state index contributed by atoms with van der Waals surface area (Å²) in [6.07, 6.45) is -1.93. The minimum Gasteiger partial charge on any atom is -0.394 e. The fraction of sp³-hybridized carbons (Fsp3) is 1.00. The standard InChI is InChI=1S/C16H28O7/c1-14(2)18-8-10(20-14)12-13(23-16(5,6)22-12)11-9(7-17)19-15(3,4)21-11/h9-13,17H,7-8H2,1-6H3/t9-,10-,11+,12+,13+/m0/s1. The van der Waals surface area contributed by atoms with Gasteiger partial charge in [-0.3, -0.25) is 0 Å². The van der Waals surface area contributed by atoms with Crippen molar-refractivity contribution in [2.24, 2.45) is 0 Å². The van der Waals surface area contributed by atoms with Crippen LogP contribution in [0.5, 0.6) is 0 Å². The molecular formula is C16H28O7. The van der Waals surface area contributed by atoms with Gasteiger partial charge in [0, 0.05) is 0 Å². The molecule has 0 aromatic heterocycles. The van der Waals surface area contributed by atoms with E-state index in [1.165, 1.54) is 0 Å². The zero-order chi connectivity index (χ0) is 17.0. The normalized spacial score (nSPS) is 44.7. The average molecular weight is 332 g/mol. The first kappa shape index (κ1) is 17.5. The first-order valence-electron chi connectivity index (χ1n) is 8.16. The Morgan fingerprint density at radius 1 is 0.739 bits per heavy atom. The van der Waals surface area contributed by atoms with E-state index in [0.717, 1.165) is 0 Å². The molecule has 3 aliphatic heterocycles. The molecule has 7 heteroatoms. The Morgan fingerprint density at radius 3 is 1.87 bits per heavy atom. The van der Waals surface area contributed by atoms with Crippen molar-refractivity contribution in [3.05, 3.63) is 0 Å². The minimum atomic E-state index is -0.773. The maximum Gasteiger partial charge on any atom is 0.164 e. The van der Waals surface area contributed by atoms with Crippen LogP contribution in [0.15, 0.2) is 0 Å². The number of aliphatic hydroxyl groups excluding tert-OH is 1. The topological polar surface area (TPSA) is 75.6 Å². The highest BCUT2D eigenvalue weighted by Crippen LogP contribution is 2.41. The summed E-state index contributed by atoms with van der Waals surface area (Å²) in [5.41, 5.74) is 0. The van der Waals surface area contributed by atoms with Gasteiger partial charge in [-0.2, -0.15) is 0 Å². The van der Waals surface area contributed by atoms with Crippen molar-refractivity contribution < 1.29 is 33.5 Å². The molecule has 0 aromatic carbocycles. The van der Waals surface area contributed by atoms with Crippen molar-refractivity contribution in [2.45, 2.75) is 89.4 Å². The van der Waals surface area contributed by atoms with Gasteiger partial charge in [0.2, 0.25) is 0 Å². The van der Waals surface area contributed by atoms with Gasteiger partial charge in [-0.25, -0.2) is 0 Å². The molecule has 0 radical (unpaired) electrons. The van der Waals surface area contributed by atoms with Gasteiger partial charge in [-0.15, -0.1) is 0 Å². The number of aliphatic hydroxyl groups is 1. The Hall–Kier alpha value is -0.280. The quantitative estimate of drug-likeness (QED) is 0.831. The fourth-order valence-electron chi connectivity index (χ4n) is 3.52. The van der Waals surface area contributed by atoms with E-state index in [4.69, 9.17) is 28.4 Å². The van der Waals surface area contributed by atoms with Gasteiger partial charge in [-0.05, 0) is 41.5 Å². The van der Waals surface area contributed by atoms with E-state index in [1.807, 2.05) is 41.5 Å². The van der Waals surface area contributed by atoms with Crippen LogP contribution in [-0.4, -0.2) is 66.2 Å². The van der Waals surface area contributed by atoms with Crippen LogP contribution in [0, 0.1) is 0 Å². The van der Waals surface area contributed by atoms with Crippen LogP contribution in [0.1, 0.15) is 41.5 Å². The molecule has 134 valence electrons. The van der Waals surface area contributed by atoms with Gasteiger partial charge in [-0.1, -0.05) is 0 Å². The first-order valence-corrected chi connectivity index (χ1v) is 8.16. The van der Waals surface area contributed by atoms with E-state index < -0.39 is 35.7 Å². The van der Waals surface area contributed by atoms with Crippen molar-refractivity contribution in [1.29, 1.82) is 0 Å². The highest BCUT2D eigenvalue weighted by atomic mass is 16.8. The third-order valence-electron chi connectivity index (χ3n) is 4.29. The summed E-state index contributed by atoms with van der Waals surface area (Å²) in [6, 6.07) is 0. The lowest BCUT2D eigenvalue weighted by atomic mass is 10.00. The average Bonchev–Trinajstić information content (AvgIpc) is 3.02.